The number of ether oxygens (including phenoxy) is 1. The molecule has 0 aromatic heterocycles. The molecule has 0 bridgehead atoms. The molecular formula is C20H28ClNO2. The van der Waals surface area contributed by atoms with Crippen molar-refractivity contribution < 1.29 is 9.53 Å². The van der Waals surface area contributed by atoms with Gasteiger partial charge < -0.3 is 9.64 Å². The molecule has 24 heavy (non-hydrogen) atoms. The number of esters is 1. The molecule has 1 atom stereocenters. The Hall–Kier alpha value is -1.32. The van der Waals surface area contributed by atoms with Gasteiger partial charge in [0.25, 0.3) is 0 Å². The van der Waals surface area contributed by atoms with Crippen molar-refractivity contribution >= 4 is 24.5 Å². The van der Waals surface area contributed by atoms with Crippen molar-refractivity contribution in [3.8, 4) is 0 Å². The highest BCUT2D eigenvalue weighted by Crippen LogP contribution is 2.31. The van der Waals surface area contributed by atoms with Crippen LogP contribution in [0.4, 0.5) is 0 Å². The summed E-state index contributed by atoms with van der Waals surface area (Å²) in [4.78, 5) is 14.9. The van der Waals surface area contributed by atoms with Gasteiger partial charge in [-0.1, -0.05) is 49.8 Å². The molecule has 1 unspecified atom stereocenters. The van der Waals surface area contributed by atoms with E-state index in [4.69, 9.17) is 4.74 Å². The van der Waals surface area contributed by atoms with Crippen molar-refractivity contribution in [3.05, 3.63) is 41.5 Å². The number of likely N-dealkylation sites (tertiary alicyclic amines) is 1. The number of nitrogens with zero attached hydrogens (tertiary/aromatic N) is 1. The van der Waals surface area contributed by atoms with Crippen LogP contribution >= 0.6 is 12.4 Å². The van der Waals surface area contributed by atoms with Gasteiger partial charge in [-0.25, -0.2) is 0 Å². The minimum atomic E-state index is -0.212. The van der Waals surface area contributed by atoms with Crippen LogP contribution in [0.2, 0.25) is 0 Å². The topological polar surface area (TPSA) is 29.5 Å². The molecule has 1 fully saturated rings. The van der Waals surface area contributed by atoms with E-state index in [1.807, 2.05) is 36.4 Å². The van der Waals surface area contributed by atoms with Gasteiger partial charge in [-0.3, -0.25) is 4.79 Å². The minimum absolute atomic E-state index is 0. The standard InChI is InChI=1S/C20H27NO2.ClH/c1-2-3-12-21-13-10-16(11-14-21)15-23-20(22)19-9-8-17-6-4-5-7-18(17)19;/h4-9,16,19H,2-3,10-15H2,1H3;1H. The number of hydrogen-bond acceptors (Lipinski definition) is 3. The summed E-state index contributed by atoms with van der Waals surface area (Å²) in [5, 5.41) is 0. The first-order valence-electron chi connectivity index (χ1n) is 8.94. The number of hydrogen-bond donors (Lipinski definition) is 0. The molecular weight excluding hydrogens is 322 g/mol. The largest absolute Gasteiger partial charge is 0.465 e. The van der Waals surface area contributed by atoms with Crippen molar-refractivity contribution in [2.45, 2.75) is 38.5 Å². The van der Waals surface area contributed by atoms with Gasteiger partial charge in [0.05, 0.1) is 6.61 Å². The van der Waals surface area contributed by atoms with E-state index in [0.717, 1.165) is 37.1 Å². The number of fused-ring (bicyclic) bond motifs is 1. The van der Waals surface area contributed by atoms with Crippen molar-refractivity contribution in [2.24, 2.45) is 5.92 Å². The summed E-state index contributed by atoms with van der Waals surface area (Å²) in [5.74, 6) is 0.216. The molecule has 3 nitrogen and oxygen atoms in total. The second kappa shape index (κ2) is 9.24. The van der Waals surface area contributed by atoms with E-state index in [-0.39, 0.29) is 24.3 Å². The summed E-state index contributed by atoms with van der Waals surface area (Å²) in [6, 6.07) is 8.06. The van der Waals surface area contributed by atoms with E-state index < -0.39 is 0 Å². The van der Waals surface area contributed by atoms with Gasteiger partial charge in [0.2, 0.25) is 0 Å². The smallest absolute Gasteiger partial charge is 0.317 e. The molecule has 4 heteroatoms. The lowest BCUT2D eigenvalue weighted by atomic mass is 9.97. The Morgan fingerprint density at radius 3 is 2.75 bits per heavy atom. The van der Waals surface area contributed by atoms with Crippen LogP contribution in [-0.2, 0) is 9.53 Å². The molecule has 0 radical (unpaired) electrons. The first-order valence-corrected chi connectivity index (χ1v) is 8.94. The maximum absolute atomic E-state index is 12.4. The average molecular weight is 350 g/mol. The van der Waals surface area contributed by atoms with E-state index in [0.29, 0.717) is 12.5 Å². The summed E-state index contributed by atoms with van der Waals surface area (Å²) in [6.07, 6.45) is 8.82. The maximum Gasteiger partial charge on any atom is 0.317 e. The highest BCUT2D eigenvalue weighted by Gasteiger charge is 2.27. The lowest BCUT2D eigenvalue weighted by molar-refractivity contribution is -0.146. The lowest BCUT2D eigenvalue weighted by Gasteiger charge is -2.31. The number of carbonyl (C=O) groups excluding carboxylic acids is 1. The number of halogens is 1. The quantitative estimate of drug-likeness (QED) is 0.718. The van der Waals surface area contributed by atoms with Crippen molar-refractivity contribution in [1.82, 2.24) is 4.90 Å². The number of unbranched alkanes of at least 4 members (excludes halogenated alkanes) is 1. The highest BCUT2D eigenvalue weighted by atomic mass is 35.5. The van der Waals surface area contributed by atoms with Crippen molar-refractivity contribution in [2.75, 3.05) is 26.2 Å². The van der Waals surface area contributed by atoms with Crippen LogP contribution < -0.4 is 0 Å². The molecule has 3 rings (SSSR count). The van der Waals surface area contributed by atoms with Crippen LogP contribution in [0.5, 0.6) is 0 Å². The predicted octanol–water partition coefficient (Wildman–Crippen LogP) is 4.27. The molecule has 1 aliphatic heterocycles. The van der Waals surface area contributed by atoms with Gasteiger partial charge in [0.15, 0.2) is 0 Å². The monoisotopic (exact) mass is 349 g/mol. The molecule has 1 aromatic carbocycles. The summed E-state index contributed by atoms with van der Waals surface area (Å²) in [6.45, 7) is 6.32. The Bertz CT molecular complexity index is 565. The summed E-state index contributed by atoms with van der Waals surface area (Å²) in [7, 11) is 0. The zero-order chi connectivity index (χ0) is 16.1. The molecule has 1 aliphatic carbocycles. The second-order valence-corrected chi connectivity index (χ2v) is 6.73. The Balaban J connectivity index is 0.00000208. The summed E-state index contributed by atoms with van der Waals surface area (Å²) < 4.78 is 5.63. The third kappa shape index (κ3) is 4.61. The number of rotatable bonds is 6. The molecule has 0 amide bonds. The van der Waals surface area contributed by atoms with E-state index >= 15 is 0 Å². The Kier molecular flexibility index (Phi) is 7.32. The average Bonchev–Trinajstić information content (AvgIpc) is 3.03. The first kappa shape index (κ1) is 19.0. The highest BCUT2D eigenvalue weighted by molar-refractivity contribution is 5.86. The fourth-order valence-electron chi connectivity index (χ4n) is 3.50. The Labute approximate surface area is 151 Å². The SMILES string of the molecule is CCCCN1CCC(COC(=O)C2C=Cc3ccccc32)CC1.Cl. The molecule has 1 aromatic rings. The van der Waals surface area contributed by atoms with Gasteiger partial charge in [0.1, 0.15) is 5.92 Å². The molecule has 0 spiro atoms. The second-order valence-electron chi connectivity index (χ2n) is 6.73. The summed E-state index contributed by atoms with van der Waals surface area (Å²) >= 11 is 0. The summed E-state index contributed by atoms with van der Waals surface area (Å²) in [5.41, 5.74) is 2.21. The van der Waals surface area contributed by atoms with E-state index in [2.05, 4.69) is 11.8 Å². The minimum Gasteiger partial charge on any atom is -0.465 e. The fourth-order valence-corrected chi connectivity index (χ4v) is 3.50. The molecule has 2 aliphatic rings. The van der Waals surface area contributed by atoms with Gasteiger partial charge >= 0.3 is 5.97 Å². The van der Waals surface area contributed by atoms with Crippen LogP contribution in [0.3, 0.4) is 0 Å². The Morgan fingerprint density at radius 1 is 1.25 bits per heavy atom. The first-order chi connectivity index (χ1) is 11.3. The van der Waals surface area contributed by atoms with Gasteiger partial charge in [-0.05, 0) is 55.9 Å². The van der Waals surface area contributed by atoms with Gasteiger partial charge in [-0.2, -0.15) is 0 Å². The lowest BCUT2D eigenvalue weighted by Crippen LogP contribution is -2.36. The Morgan fingerprint density at radius 2 is 2.00 bits per heavy atom. The third-order valence-corrected chi connectivity index (χ3v) is 5.05. The van der Waals surface area contributed by atoms with Crippen LogP contribution in [0, 0.1) is 5.92 Å². The number of piperidine rings is 1. The van der Waals surface area contributed by atoms with E-state index in [1.165, 1.54) is 19.4 Å². The van der Waals surface area contributed by atoms with Crippen molar-refractivity contribution in [1.29, 1.82) is 0 Å². The van der Waals surface area contributed by atoms with Crippen LogP contribution in [0.15, 0.2) is 30.3 Å². The van der Waals surface area contributed by atoms with Crippen LogP contribution in [0.1, 0.15) is 49.7 Å². The fraction of sp³-hybridized carbons (Fsp3) is 0.550. The van der Waals surface area contributed by atoms with Gasteiger partial charge in [-0.15, -0.1) is 12.4 Å². The van der Waals surface area contributed by atoms with Crippen LogP contribution in [0.25, 0.3) is 6.08 Å². The zero-order valence-electron chi connectivity index (χ0n) is 14.4. The molecule has 132 valence electrons. The molecule has 1 saturated heterocycles. The predicted molar refractivity (Wildman–Crippen MR) is 100 cm³/mol. The molecule has 0 N–H and O–H groups in total. The number of carbonyl (C=O) groups is 1. The third-order valence-electron chi connectivity index (χ3n) is 5.05. The van der Waals surface area contributed by atoms with Crippen molar-refractivity contribution in [3.63, 3.8) is 0 Å². The van der Waals surface area contributed by atoms with E-state index in [1.54, 1.807) is 0 Å². The normalized spacial score (nSPS) is 20.5. The maximum atomic E-state index is 12.4. The zero-order valence-corrected chi connectivity index (χ0v) is 15.3. The molecule has 0 saturated carbocycles. The number of benzene rings is 1. The van der Waals surface area contributed by atoms with Crippen LogP contribution in [-0.4, -0.2) is 37.1 Å². The van der Waals surface area contributed by atoms with E-state index in [9.17, 15) is 4.79 Å². The molecule has 1 heterocycles. The van der Waals surface area contributed by atoms with Gasteiger partial charge in [0, 0.05) is 0 Å².